The molecule has 1 amide bonds. The van der Waals surface area contributed by atoms with Crippen molar-refractivity contribution in [2.45, 2.75) is 63.1 Å². The molecule has 4 nitrogen and oxygen atoms in total. The molecule has 2 bridgehead atoms. The van der Waals surface area contributed by atoms with Gasteiger partial charge in [0.2, 0.25) is 5.91 Å². The van der Waals surface area contributed by atoms with Gasteiger partial charge < -0.3 is 15.8 Å². The number of amides is 1. The smallest absolute Gasteiger partial charge is 0.223 e. The minimum atomic E-state index is -0.0966. The molecule has 3 unspecified atom stereocenters. The Labute approximate surface area is 144 Å². The van der Waals surface area contributed by atoms with Gasteiger partial charge in [0.15, 0.2) is 0 Å². The van der Waals surface area contributed by atoms with Crippen molar-refractivity contribution in [1.29, 1.82) is 0 Å². The van der Waals surface area contributed by atoms with Crippen LogP contribution < -0.4 is 11.1 Å². The van der Waals surface area contributed by atoms with E-state index in [0.717, 1.165) is 19.3 Å². The molecule has 1 aromatic carbocycles. The highest BCUT2D eigenvalue weighted by Crippen LogP contribution is 2.40. The van der Waals surface area contributed by atoms with Gasteiger partial charge in [-0.1, -0.05) is 30.7 Å². The van der Waals surface area contributed by atoms with Crippen molar-refractivity contribution in [3.05, 3.63) is 35.4 Å². The number of nitrogens with one attached hydrogen (secondary N) is 1. The normalized spacial score (nSPS) is 35.1. The van der Waals surface area contributed by atoms with Gasteiger partial charge in [-0.2, -0.15) is 0 Å². The summed E-state index contributed by atoms with van der Waals surface area (Å²) in [6, 6.07) is 8.99. The maximum atomic E-state index is 12.7. The maximum absolute atomic E-state index is 12.7. The molecule has 0 saturated heterocycles. The van der Waals surface area contributed by atoms with Gasteiger partial charge in [0, 0.05) is 12.1 Å². The van der Waals surface area contributed by atoms with Gasteiger partial charge in [0.1, 0.15) is 0 Å². The van der Waals surface area contributed by atoms with Gasteiger partial charge in [-0.05, 0) is 55.1 Å². The molecule has 0 aromatic heterocycles. The second-order valence-electron chi connectivity index (χ2n) is 7.79. The highest BCUT2D eigenvalue weighted by atomic mass is 16.5. The number of benzene rings is 1. The van der Waals surface area contributed by atoms with E-state index in [9.17, 15) is 4.79 Å². The Morgan fingerprint density at radius 3 is 2.75 bits per heavy atom. The van der Waals surface area contributed by atoms with E-state index in [1.807, 2.05) is 6.07 Å². The van der Waals surface area contributed by atoms with Crippen LogP contribution in [-0.4, -0.2) is 24.6 Å². The predicted molar refractivity (Wildman–Crippen MR) is 93.4 cm³/mol. The SMILES string of the molecule is NC1CC2CCCC(C1)C2NC(=O)CC1OCCc2ccccc21. The van der Waals surface area contributed by atoms with Crippen LogP contribution in [0.4, 0.5) is 0 Å². The molecule has 2 fully saturated rings. The van der Waals surface area contributed by atoms with Crippen molar-refractivity contribution < 1.29 is 9.53 Å². The largest absolute Gasteiger partial charge is 0.373 e. The third-order valence-corrected chi connectivity index (χ3v) is 6.17. The van der Waals surface area contributed by atoms with Crippen LogP contribution in [0.2, 0.25) is 0 Å². The first kappa shape index (κ1) is 16.1. The van der Waals surface area contributed by atoms with E-state index in [2.05, 4.69) is 23.5 Å². The molecule has 1 aromatic rings. The van der Waals surface area contributed by atoms with E-state index < -0.39 is 0 Å². The fourth-order valence-corrected chi connectivity index (χ4v) is 5.08. The zero-order valence-electron chi connectivity index (χ0n) is 14.2. The summed E-state index contributed by atoms with van der Waals surface area (Å²) >= 11 is 0. The quantitative estimate of drug-likeness (QED) is 0.897. The lowest BCUT2D eigenvalue weighted by Gasteiger charge is -2.45. The number of carbonyl (C=O) groups is 1. The topological polar surface area (TPSA) is 64.3 Å². The van der Waals surface area contributed by atoms with Gasteiger partial charge in [0.25, 0.3) is 0 Å². The van der Waals surface area contributed by atoms with Crippen molar-refractivity contribution in [2.75, 3.05) is 6.61 Å². The third kappa shape index (κ3) is 3.22. The van der Waals surface area contributed by atoms with Crippen LogP contribution in [0, 0.1) is 11.8 Å². The Morgan fingerprint density at radius 2 is 1.96 bits per heavy atom. The number of fused-ring (bicyclic) bond motifs is 3. The number of ether oxygens (including phenoxy) is 1. The second kappa shape index (κ2) is 6.85. The first-order valence-corrected chi connectivity index (χ1v) is 9.45. The summed E-state index contributed by atoms with van der Waals surface area (Å²) in [5, 5.41) is 3.35. The summed E-state index contributed by atoms with van der Waals surface area (Å²) in [6.45, 7) is 0.707. The van der Waals surface area contributed by atoms with E-state index in [0.29, 0.717) is 36.9 Å². The lowest BCUT2D eigenvalue weighted by atomic mass is 9.67. The lowest BCUT2D eigenvalue weighted by Crippen LogP contribution is -2.53. The molecule has 2 saturated carbocycles. The van der Waals surface area contributed by atoms with E-state index in [1.165, 1.54) is 30.4 Å². The zero-order valence-corrected chi connectivity index (χ0v) is 14.2. The van der Waals surface area contributed by atoms with Gasteiger partial charge in [-0.25, -0.2) is 0 Å². The van der Waals surface area contributed by atoms with Crippen molar-refractivity contribution in [3.8, 4) is 0 Å². The van der Waals surface area contributed by atoms with Crippen LogP contribution >= 0.6 is 0 Å². The summed E-state index contributed by atoms with van der Waals surface area (Å²) in [5.41, 5.74) is 8.69. The van der Waals surface area contributed by atoms with Crippen LogP contribution in [0.15, 0.2) is 24.3 Å². The molecule has 3 aliphatic rings. The van der Waals surface area contributed by atoms with Gasteiger partial charge >= 0.3 is 0 Å². The number of hydrogen-bond acceptors (Lipinski definition) is 3. The lowest BCUT2D eigenvalue weighted by molar-refractivity contribution is -0.126. The van der Waals surface area contributed by atoms with E-state index in [1.54, 1.807) is 0 Å². The Hall–Kier alpha value is -1.39. The van der Waals surface area contributed by atoms with Crippen LogP contribution in [0.25, 0.3) is 0 Å². The number of nitrogens with two attached hydrogens (primary N) is 1. The molecule has 0 spiro atoms. The molecule has 3 atom stereocenters. The molecular formula is C20H28N2O2. The molecule has 130 valence electrons. The molecule has 2 aliphatic carbocycles. The fourth-order valence-electron chi connectivity index (χ4n) is 5.08. The van der Waals surface area contributed by atoms with Crippen LogP contribution in [-0.2, 0) is 16.0 Å². The van der Waals surface area contributed by atoms with Crippen molar-refractivity contribution >= 4 is 5.91 Å². The summed E-state index contributed by atoms with van der Waals surface area (Å²) in [7, 11) is 0. The molecule has 3 N–H and O–H groups in total. The van der Waals surface area contributed by atoms with Crippen molar-refractivity contribution in [1.82, 2.24) is 5.32 Å². The molecule has 1 aliphatic heterocycles. The van der Waals surface area contributed by atoms with Gasteiger partial charge in [0.05, 0.1) is 19.1 Å². The Bertz CT molecular complexity index is 589. The Balaban J connectivity index is 1.41. The van der Waals surface area contributed by atoms with Crippen LogP contribution in [0.3, 0.4) is 0 Å². The minimum absolute atomic E-state index is 0.0966. The van der Waals surface area contributed by atoms with Gasteiger partial charge in [-0.3, -0.25) is 4.79 Å². The van der Waals surface area contributed by atoms with E-state index >= 15 is 0 Å². The summed E-state index contributed by atoms with van der Waals surface area (Å²) in [4.78, 5) is 12.7. The van der Waals surface area contributed by atoms with Gasteiger partial charge in [-0.15, -0.1) is 0 Å². The van der Waals surface area contributed by atoms with Crippen molar-refractivity contribution in [2.24, 2.45) is 17.6 Å². The molecule has 4 rings (SSSR count). The highest BCUT2D eigenvalue weighted by molar-refractivity contribution is 5.77. The summed E-state index contributed by atoms with van der Waals surface area (Å²) in [6.07, 6.45) is 7.09. The van der Waals surface area contributed by atoms with E-state index in [-0.39, 0.29) is 12.0 Å². The summed E-state index contributed by atoms with van der Waals surface area (Å²) < 4.78 is 5.89. The first-order valence-electron chi connectivity index (χ1n) is 9.45. The Morgan fingerprint density at radius 1 is 1.21 bits per heavy atom. The third-order valence-electron chi connectivity index (χ3n) is 6.17. The highest BCUT2D eigenvalue weighted by Gasteiger charge is 2.40. The number of hydrogen-bond donors (Lipinski definition) is 2. The average molecular weight is 328 g/mol. The predicted octanol–water partition coefficient (Wildman–Crippen LogP) is 2.71. The van der Waals surface area contributed by atoms with Crippen LogP contribution in [0.1, 0.15) is 55.8 Å². The average Bonchev–Trinajstić information content (AvgIpc) is 2.56. The molecule has 0 radical (unpaired) electrons. The molecule has 4 heteroatoms. The Kier molecular flexibility index (Phi) is 4.59. The summed E-state index contributed by atoms with van der Waals surface area (Å²) in [5.74, 6) is 1.26. The standard InChI is InChI=1S/C20H28N2O2/c21-16-10-14-5-3-6-15(11-16)20(14)22-19(23)12-18-17-7-2-1-4-13(17)8-9-24-18/h1-2,4,7,14-16,18,20H,3,5-6,8-12,21H2,(H,22,23). The second-order valence-corrected chi connectivity index (χ2v) is 7.79. The number of carbonyl (C=O) groups excluding carboxylic acids is 1. The minimum Gasteiger partial charge on any atom is -0.373 e. The van der Waals surface area contributed by atoms with Crippen LogP contribution in [0.5, 0.6) is 0 Å². The first-order chi connectivity index (χ1) is 11.7. The molecule has 1 heterocycles. The van der Waals surface area contributed by atoms with E-state index in [4.69, 9.17) is 10.5 Å². The monoisotopic (exact) mass is 328 g/mol. The van der Waals surface area contributed by atoms with Crippen molar-refractivity contribution in [3.63, 3.8) is 0 Å². The number of rotatable bonds is 3. The zero-order chi connectivity index (χ0) is 16.5. The fraction of sp³-hybridized carbons (Fsp3) is 0.650. The molecular weight excluding hydrogens is 300 g/mol. The maximum Gasteiger partial charge on any atom is 0.223 e. The molecule has 24 heavy (non-hydrogen) atoms.